The summed E-state index contributed by atoms with van der Waals surface area (Å²) in [7, 11) is 2.64. The number of para-hydroxylation sites is 2. The number of hydrogen-bond donors (Lipinski definition) is 4. The number of aliphatic hydroxyl groups excluding tert-OH is 1. The highest BCUT2D eigenvalue weighted by Crippen LogP contribution is 2.40. The summed E-state index contributed by atoms with van der Waals surface area (Å²) in [6.45, 7) is 1.96. The van der Waals surface area contributed by atoms with Gasteiger partial charge in [-0.25, -0.2) is 14.4 Å². The van der Waals surface area contributed by atoms with Gasteiger partial charge in [-0.3, -0.25) is 10.1 Å². The number of carbonyl (C=O) groups excluding carboxylic acids is 3. The van der Waals surface area contributed by atoms with Gasteiger partial charge in [0.1, 0.15) is 24.5 Å². The largest absolute Gasteiger partial charge is 0.493 e. The van der Waals surface area contributed by atoms with Crippen molar-refractivity contribution in [1.29, 1.82) is 5.26 Å². The molecule has 1 amide bonds. The molecule has 50 heavy (non-hydrogen) atoms. The number of amides is 1. The number of allylic oxidation sites excluding steroid dienone is 2. The van der Waals surface area contributed by atoms with Crippen LogP contribution in [0.4, 0.5) is 10.5 Å². The van der Waals surface area contributed by atoms with Crippen molar-refractivity contribution < 1.29 is 48.1 Å². The van der Waals surface area contributed by atoms with Crippen LogP contribution in [0.15, 0.2) is 71.1 Å². The fraction of sp³-hybridized carbons (Fsp3) is 0.353. The molecule has 3 rings (SSSR count). The third-order valence-corrected chi connectivity index (χ3v) is 7.07. The number of hydrogen-bond acceptors (Lipinski definition) is 14. The first-order valence-electron chi connectivity index (χ1n) is 15.2. The Balaban J connectivity index is 1.43. The summed E-state index contributed by atoms with van der Waals surface area (Å²) in [5, 5.41) is 39.6. The van der Waals surface area contributed by atoms with E-state index in [1.807, 2.05) is 12.1 Å². The highest BCUT2D eigenvalue weighted by molar-refractivity contribution is 6.00. The molecule has 2 aromatic rings. The van der Waals surface area contributed by atoms with Gasteiger partial charge >= 0.3 is 18.0 Å². The Morgan fingerprint density at radius 3 is 2.42 bits per heavy atom. The van der Waals surface area contributed by atoms with E-state index in [-0.39, 0.29) is 53.5 Å². The summed E-state index contributed by atoms with van der Waals surface area (Å²) in [4.78, 5) is 48.7. The number of nitro groups is 1. The molecule has 0 saturated carbocycles. The monoisotopic (exact) mass is 691 g/mol. The van der Waals surface area contributed by atoms with Crippen molar-refractivity contribution in [3.05, 3.63) is 86.7 Å². The minimum absolute atomic E-state index is 0.0741. The van der Waals surface area contributed by atoms with Crippen molar-refractivity contribution in [3.8, 4) is 29.4 Å². The number of dihydropyridines is 1. The van der Waals surface area contributed by atoms with E-state index in [4.69, 9.17) is 23.7 Å². The van der Waals surface area contributed by atoms with E-state index in [9.17, 15) is 34.9 Å². The molecule has 2 unspecified atom stereocenters. The number of nitrogens with one attached hydrogen (secondary N) is 3. The number of rotatable bonds is 16. The Hall–Kier alpha value is -6.10. The number of esters is 2. The van der Waals surface area contributed by atoms with Gasteiger partial charge in [-0.15, -0.1) is 0 Å². The van der Waals surface area contributed by atoms with Crippen molar-refractivity contribution in [2.24, 2.45) is 0 Å². The first-order chi connectivity index (χ1) is 24.1. The van der Waals surface area contributed by atoms with Crippen LogP contribution < -0.4 is 25.4 Å². The predicted molar refractivity (Wildman–Crippen MR) is 176 cm³/mol. The summed E-state index contributed by atoms with van der Waals surface area (Å²) in [5.41, 5.74) is -0.390. The average Bonchev–Trinajstić information content (AvgIpc) is 3.12. The summed E-state index contributed by atoms with van der Waals surface area (Å²) in [6.07, 6.45) is -0.900. The molecule has 0 fully saturated rings. The number of benzene rings is 2. The van der Waals surface area contributed by atoms with Crippen LogP contribution in [0.5, 0.6) is 11.5 Å². The van der Waals surface area contributed by atoms with Crippen LogP contribution in [0.1, 0.15) is 24.8 Å². The van der Waals surface area contributed by atoms with Gasteiger partial charge in [0, 0.05) is 30.9 Å². The summed E-state index contributed by atoms with van der Waals surface area (Å²) in [5.74, 6) is 3.17. The minimum atomic E-state index is -1.22. The second kappa shape index (κ2) is 19.7. The van der Waals surface area contributed by atoms with E-state index < -0.39 is 41.6 Å². The molecule has 0 aromatic heterocycles. The number of nitro benzene ring substituents is 1. The second-order valence-electron chi connectivity index (χ2n) is 10.4. The number of alkyl carbamates (subject to hydrolysis) is 1. The molecule has 0 spiro atoms. The summed E-state index contributed by atoms with van der Waals surface area (Å²) < 4.78 is 25.9. The molecule has 1 heterocycles. The van der Waals surface area contributed by atoms with Gasteiger partial charge in [0.25, 0.3) is 5.69 Å². The summed E-state index contributed by atoms with van der Waals surface area (Å²) >= 11 is 0. The quantitative estimate of drug-likeness (QED) is 0.0495. The maximum Gasteiger partial charge on any atom is 0.408 e. The molecular formula is C34H37N5O11. The Morgan fingerprint density at radius 1 is 1.02 bits per heavy atom. The number of non-ortho nitro benzene ring substituents is 1. The number of aliphatic hydroxyl groups is 1. The topological polar surface area (TPSA) is 221 Å². The van der Waals surface area contributed by atoms with Gasteiger partial charge in [-0.1, -0.05) is 36.1 Å². The number of nitrogens with zero attached hydrogens (tertiary/aromatic N) is 2. The zero-order valence-electron chi connectivity index (χ0n) is 27.6. The molecule has 1 aliphatic rings. The standard InChI is InChI=1S/C34H37N5O11/c1-22-29(30(23-10-8-11-24(18-23)39(44)45)31(32(41)47-3)26(19-35)38-22)33(42)48-16-6-7-17-49-34(43)37-15-9-14-36-20-25(40)21-50-28-13-5-4-12-27(28)46-2/h4-5,8,10-13,18,25,30,36,38,40H,9,14-17,20-21H2,1-3H3,(H,37,43). The van der Waals surface area contributed by atoms with Crippen molar-refractivity contribution in [3.63, 3.8) is 0 Å². The Labute approximate surface area is 288 Å². The maximum atomic E-state index is 13.2. The van der Waals surface area contributed by atoms with Crippen LogP contribution in [0.2, 0.25) is 0 Å². The third-order valence-electron chi connectivity index (χ3n) is 7.07. The van der Waals surface area contributed by atoms with Gasteiger partial charge in [-0.05, 0) is 37.6 Å². The molecule has 0 bridgehead atoms. The Morgan fingerprint density at radius 2 is 1.74 bits per heavy atom. The van der Waals surface area contributed by atoms with Crippen LogP contribution in [0.25, 0.3) is 0 Å². The zero-order valence-corrected chi connectivity index (χ0v) is 27.6. The molecule has 0 radical (unpaired) electrons. The smallest absolute Gasteiger partial charge is 0.408 e. The van der Waals surface area contributed by atoms with Crippen molar-refractivity contribution >= 4 is 23.7 Å². The highest BCUT2D eigenvalue weighted by atomic mass is 16.6. The lowest BCUT2D eigenvalue weighted by atomic mass is 9.80. The Bertz CT molecular complexity index is 1720. The van der Waals surface area contributed by atoms with Gasteiger partial charge in [0.15, 0.2) is 24.7 Å². The molecule has 4 N–H and O–H groups in total. The van der Waals surface area contributed by atoms with E-state index in [2.05, 4.69) is 27.8 Å². The minimum Gasteiger partial charge on any atom is -0.493 e. The number of ether oxygens (including phenoxy) is 5. The lowest BCUT2D eigenvalue weighted by molar-refractivity contribution is -0.384. The molecule has 0 saturated heterocycles. The number of carbonyl (C=O) groups is 3. The molecule has 16 heteroatoms. The van der Waals surface area contributed by atoms with Crippen molar-refractivity contribution in [2.75, 3.05) is 53.7 Å². The molecule has 264 valence electrons. The van der Waals surface area contributed by atoms with E-state index in [1.165, 1.54) is 38.3 Å². The van der Waals surface area contributed by atoms with Crippen molar-refractivity contribution in [1.82, 2.24) is 16.0 Å². The zero-order chi connectivity index (χ0) is 36.5. The average molecular weight is 692 g/mol. The first-order valence-corrected chi connectivity index (χ1v) is 15.2. The number of methoxy groups -OCH3 is 2. The normalized spacial score (nSPS) is 14.2. The van der Waals surface area contributed by atoms with Crippen LogP contribution in [-0.4, -0.2) is 87.8 Å². The van der Waals surface area contributed by atoms with Gasteiger partial charge < -0.3 is 44.7 Å². The number of nitriles is 1. The Kier molecular flexibility index (Phi) is 15.1. The lowest BCUT2D eigenvalue weighted by Gasteiger charge is -2.28. The SMILES string of the molecule is COC(=O)C1=C(C#N)NC(C)=C(C(=O)OCC#CCOC(=O)NCCCNCC(O)COc2ccccc2OC)C1c1cccc([N+](=O)[O-])c1. The van der Waals surface area contributed by atoms with E-state index >= 15 is 0 Å². The first kappa shape index (κ1) is 38.3. The highest BCUT2D eigenvalue weighted by Gasteiger charge is 2.39. The summed E-state index contributed by atoms with van der Waals surface area (Å²) in [6, 6.07) is 14.3. The molecular weight excluding hydrogens is 654 g/mol. The fourth-order valence-electron chi connectivity index (χ4n) is 4.76. The van der Waals surface area contributed by atoms with E-state index in [0.29, 0.717) is 31.0 Å². The molecule has 2 atom stereocenters. The lowest BCUT2D eigenvalue weighted by Crippen LogP contribution is -2.33. The second-order valence-corrected chi connectivity index (χ2v) is 10.4. The van der Waals surface area contributed by atoms with Gasteiger partial charge in [0.05, 0.1) is 36.2 Å². The fourth-order valence-corrected chi connectivity index (χ4v) is 4.76. The van der Waals surface area contributed by atoms with Gasteiger partial charge in [-0.2, -0.15) is 5.26 Å². The third kappa shape index (κ3) is 11.0. The van der Waals surface area contributed by atoms with Crippen LogP contribution in [0.3, 0.4) is 0 Å². The molecule has 16 nitrogen and oxygen atoms in total. The van der Waals surface area contributed by atoms with Crippen molar-refractivity contribution in [2.45, 2.75) is 25.4 Å². The van der Waals surface area contributed by atoms with E-state index in [1.54, 1.807) is 18.2 Å². The predicted octanol–water partition coefficient (Wildman–Crippen LogP) is 2.21. The van der Waals surface area contributed by atoms with Crippen LogP contribution >= 0.6 is 0 Å². The maximum absolute atomic E-state index is 13.2. The molecule has 1 aliphatic heterocycles. The molecule has 2 aromatic carbocycles. The van der Waals surface area contributed by atoms with E-state index in [0.717, 1.165) is 7.11 Å². The van der Waals surface area contributed by atoms with Gasteiger partial charge in [0.2, 0.25) is 0 Å². The van der Waals surface area contributed by atoms with Crippen LogP contribution in [-0.2, 0) is 23.8 Å². The van der Waals surface area contributed by atoms with Crippen LogP contribution in [0, 0.1) is 33.3 Å². The molecule has 0 aliphatic carbocycles.